The van der Waals surface area contributed by atoms with Crippen molar-refractivity contribution in [1.82, 2.24) is 9.78 Å². The highest BCUT2D eigenvalue weighted by molar-refractivity contribution is 9.10. The molecule has 3 aromatic rings. The molecule has 2 aromatic carbocycles. The maximum absolute atomic E-state index is 12.6. The molecule has 1 N–H and O–H groups in total. The van der Waals surface area contributed by atoms with Gasteiger partial charge < -0.3 is 19.6 Å². The molecule has 2 heterocycles. The number of nitrogens with zero attached hydrogens (tertiary/aromatic N) is 3. The lowest BCUT2D eigenvalue weighted by Crippen LogP contribution is -2.27. The van der Waals surface area contributed by atoms with E-state index in [1.165, 1.54) is 0 Å². The highest BCUT2D eigenvalue weighted by Gasteiger charge is 2.30. The van der Waals surface area contributed by atoms with E-state index in [0.717, 1.165) is 15.8 Å². The number of para-hydroxylation sites is 1. The van der Waals surface area contributed by atoms with Crippen LogP contribution in [0.1, 0.15) is 12.0 Å². The zero-order valence-corrected chi connectivity index (χ0v) is 17.7. The van der Waals surface area contributed by atoms with Gasteiger partial charge in [0.1, 0.15) is 11.5 Å². The number of anilines is 1. The normalized spacial score (nSPS) is 15.3. The summed E-state index contributed by atoms with van der Waals surface area (Å²) < 4.78 is 13.6. The second-order valence-corrected chi connectivity index (χ2v) is 7.44. The van der Waals surface area contributed by atoms with E-state index in [-0.39, 0.29) is 12.6 Å². The molecule has 1 atom stereocenters. The molecule has 1 amide bonds. The molecule has 0 fully saturated rings. The number of oxime groups is 1. The predicted molar refractivity (Wildman–Crippen MR) is 115 cm³/mol. The highest BCUT2D eigenvalue weighted by Crippen LogP contribution is 2.25. The largest absolute Gasteiger partial charge is 0.496 e. The first-order chi connectivity index (χ1) is 14.6. The Morgan fingerprint density at radius 2 is 2.07 bits per heavy atom. The number of nitrogens with one attached hydrogen (secondary N) is 1. The van der Waals surface area contributed by atoms with Gasteiger partial charge in [0.2, 0.25) is 6.10 Å². The predicted octanol–water partition coefficient (Wildman–Crippen LogP) is 3.82. The monoisotopic (exact) mass is 470 g/mol. The van der Waals surface area contributed by atoms with Crippen LogP contribution >= 0.6 is 15.9 Å². The molecular weight excluding hydrogens is 452 g/mol. The van der Waals surface area contributed by atoms with E-state index in [2.05, 4.69) is 31.5 Å². The SMILES string of the molecule is COc1ccccc1C1=NO[C@@H](C(=O)Nc2cnn(COc3ccc(Br)cc3)c2)C1. The Bertz CT molecular complexity index is 1060. The second kappa shape index (κ2) is 9.00. The Morgan fingerprint density at radius 3 is 2.87 bits per heavy atom. The van der Waals surface area contributed by atoms with Crippen LogP contribution in [0.5, 0.6) is 11.5 Å². The number of benzene rings is 2. The molecule has 0 spiro atoms. The van der Waals surface area contributed by atoms with E-state index in [1.807, 2.05) is 48.5 Å². The molecule has 0 unspecified atom stereocenters. The van der Waals surface area contributed by atoms with Crippen LogP contribution in [0, 0.1) is 0 Å². The minimum absolute atomic E-state index is 0.221. The van der Waals surface area contributed by atoms with Crippen LogP contribution in [0.25, 0.3) is 0 Å². The molecule has 1 aromatic heterocycles. The zero-order chi connectivity index (χ0) is 20.9. The van der Waals surface area contributed by atoms with Crippen LogP contribution in [0.15, 0.2) is 70.6 Å². The van der Waals surface area contributed by atoms with E-state index < -0.39 is 6.10 Å². The molecular formula is C21H19BrN4O4. The smallest absolute Gasteiger partial charge is 0.268 e. The van der Waals surface area contributed by atoms with E-state index in [1.54, 1.807) is 24.2 Å². The first kappa shape index (κ1) is 20.0. The van der Waals surface area contributed by atoms with Crippen LogP contribution < -0.4 is 14.8 Å². The summed E-state index contributed by atoms with van der Waals surface area (Å²) in [6.07, 6.45) is 2.88. The Morgan fingerprint density at radius 1 is 1.27 bits per heavy atom. The van der Waals surface area contributed by atoms with Crippen molar-refractivity contribution in [2.45, 2.75) is 19.3 Å². The van der Waals surface area contributed by atoms with Gasteiger partial charge in [0.15, 0.2) is 6.73 Å². The van der Waals surface area contributed by atoms with Gasteiger partial charge in [0.25, 0.3) is 5.91 Å². The molecule has 1 aliphatic heterocycles. The average Bonchev–Trinajstić information content (AvgIpc) is 3.43. The van der Waals surface area contributed by atoms with Crippen molar-refractivity contribution in [3.63, 3.8) is 0 Å². The first-order valence-electron chi connectivity index (χ1n) is 9.20. The van der Waals surface area contributed by atoms with E-state index >= 15 is 0 Å². The third kappa shape index (κ3) is 4.62. The van der Waals surface area contributed by atoms with Gasteiger partial charge in [-0.2, -0.15) is 5.10 Å². The summed E-state index contributed by atoms with van der Waals surface area (Å²) in [5.74, 6) is 1.12. The van der Waals surface area contributed by atoms with E-state index in [4.69, 9.17) is 14.3 Å². The minimum Gasteiger partial charge on any atom is -0.496 e. The molecule has 30 heavy (non-hydrogen) atoms. The zero-order valence-electron chi connectivity index (χ0n) is 16.1. The average molecular weight is 471 g/mol. The van der Waals surface area contributed by atoms with Crippen LogP contribution in [-0.2, 0) is 16.4 Å². The summed E-state index contributed by atoms with van der Waals surface area (Å²) in [7, 11) is 1.59. The van der Waals surface area contributed by atoms with Crippen LogP contribution in [0.4, 0.5) is 5.69 Å². The standard InChI is InChI=1S/C21H19BrN4O4/c1-28-19-5-3-2-4-17(19)18-10-20(30-25-18)21(27)24-15-11-23-26(12-15)13-29-16-8-6-14(22)7-9-16/h2-9,11-12,20H,10,13H2,1H3,(H,24,27)/t20-/m1/s1. The Kier molecular flexibility index (Phi) is 5.99. The van der Waals surface area contributed by atoms with E-state index in [0.29, 0.717) is 23.6 Å². The van der Waals surface area contributed by atoms with Crippen molar-refractivity contribution in [2.75, 3.05) is 12.4 Å². The minimum atomic E-state index is -0.715. The van der Waals surface area contributed by atoms with Gasteiger partial charge in [-0.15, -0.1) is 0 Å². The molecule has 0 saturated heterocycles. The number of hydrogen-bond acceptors (Lipinski definition) is 6. The molecule has 9 heteroatoms. The number of aromatic nitrogens is 2. The van der Waals surface area contributed by atoms with Crippen molar-refractivity contribution in [1.29, 1.82) is 0 Å². The summed E-state index contributed by atoms with van der Waals surface area (Å²) in [6, 6.07) is 15.0. The highest BCUT2D eigenvalue weighted by atomic mass is 79.9. The van der Waals surface area contributed by atoms with Crippen molar-refractivity contribution in [2.24, 2.45) is 5.16 Å². The van der Waals surface area contributed by atoms with Crippen molar-refractivity contribution >= 4 is 33.2 Å². The van der Waals surface area contributed by atoms with Gasteiger partial charge in [0, 0.05) is 16.5 Å². The number of carbonyl (C=O) groups excluding carboxylic acids is 1. The maximum Gasteiger partial charge on any atom is 0.268 e. The number of amides is 1. The summed E-state index contributed by atoms with van der Waals surface area (Å²) in [6.45, 7) is 0.221. The lowest BCUT2D eigenvalue weighted by molar-refractivity contribution is -0.125. The molecule has 154 valence electrons. The van der Waals surface area contributed by atoms with Crippen molar-refractivity contribution in [3.05, 3.63) is 71.0 Å². The molecule has 8 nitrogen and oxygen atoms in total. The van der Waals surface area contributed by atoms with Crippen LogP contribution in [-0.4, -0.2) is 34.6 Å². The molecule has 1 aliphatic rings. The third-order valence-corrected chi connectivity index (χ3v) is 4.99. The summed E-state index contributed by atoms with van der Waals surface area (Å²) in [5.41, 5.74) is 2.04. The third-order valence-electron chi connectivity index (χ3n) is 4.46. The number of carbonyl (C=O) groups is 1. The molecule has 0 aliphatic carbocycles. The number of hydrogen-bond donors (Lipinski definition) is 1. The summed E-state index contributed by atoms with van der Waals surface area (Å²) in [4.78, 5) is 17.9. The van der Waals surface area contributed by atoms with Gasteiger partial charge >= 0.3 is 0 Å². The maximum atomic E-state index is 12.6. The number of rotatable bonds is 7. The summed E-state index contributed by atoms with van der Waals surface area (Å²) in [5, 5.41) is 11.1. The molecule has 0 saturated carbocycles. The quantitative estimate of drug-likeness (QED) is 0.566. The summed E-state index contributed by atoms with van der Waals surface area (Å²) >= 11 is 3.38. The lowest BCUT2D eigenvalue weighted by atomic mass is 10.0. The fourth-order valence-corrected chi connectivity index (χ4v) is 3.22. The van der Waals surface area contributed by atoms with Crippen LogP contribution in [0.2, 0.25) is 0 Å². The number of ether oxygens (including phenoxy) is 2. The topological polar surface area (TPSA) is 87.0 Å². The van der Waals surface area contributed by atoms with Gasteiger partial charge in [-0.1, -0.05) is 33.2 Å². The Hall–Kier alpha value is -3.33. The van der Waals surface area contributed by atoms with Gasteiger partial charge in [-0.3, -0.25) is 4.79 Å². The fourth-order valence-electron chi connectivity index (χ4n) is 2.95. The van der Waals surface area contributed by atoms with Gasteiger partial charge in [0.05, 0.1) is 30.9 Å². The Labute approximate surface area is 181 Å². The number of methoxy groups -OCH3 is 1. The lowest BCUT2D eigenvalue weighted by Gasteiger charge is -2.09. The fraction of sp³-hybridized carbons (Fsp3) is 0.190. The van der Waals surface area contributed by atoms with Crippen molar-refractivity contribution < 1.29 is 19.1 Å². The van der Waals surface area contributed by atoms with Gasteiger partial charge in [-0.25, -0.2) is 4.68 Å². The molecule has 0 radical (unpaired) electrons. The Balaban J connectivity index is 1.31. The number of halogens is 1. The second-order valence-electron chi connectivity index (χ2n) is 6.52. The first-order valence-corrected chi connectivity index (χ1v) is 9.99. The van der Waals surface area contributed by atoms with Crippen molar-refractivity contribution in [3.8, 4) is 11.5 Å². The molecule has 0 bridgehead atoms. The van der Waals surface area contributed by atoms with Crippen LogP contribution in [0.3, 0.4) is 0 Å². The molecule has 4 rings (SSSR count). The van der Waals surface area contributed by atoms with E-state index in [9.17, 15) is 4.79 Å². The van der Waals surface area contributed by atoms with Gasteiger partial charge in [-0.05, 0) is 36.4 Å².